The summed E-state index contributed by atoms with van der Waals surface area (Å²) in [6.45, 7) is 11.4. The Balaban J connectivity index is 3.22. The van der Waals surface area contributed by atoms with Gasteiger partial charge in [0.05, 0.1) is 36.9 Å². The van der Waals surface area contributed by atoms with Crippen molar-refractivity contribution in [1.82, 2.24) is 5.48 Å². The fraction of sp³-hybridized carbons (Fsp3) is 0.667. The Bertz CT molecular complexity index is 873. The molecule has 0 aromatic heterocycles. The van der Waals surface area contributed by atoms with Crippen LogP contribution in [0.25, 0.3) is 0 Å². The summed E-state index contributed by atoms with van der Waals surface area (Å²) in [6, 6.07) is 4.93. The first-order valence-corrected chi connectivity index (χ1v) is 12.3. The first-order valence-electron chi connectivity index (χ1n) is 12.3. The predicted octanol–water partition coefficient (Wildman–Crippen LogP) is 3.19. The largest absolute Gasteiger partial charge is 0.493 e. The number of hydroxylamine groups is 1. The molecule has 9 heteroatoms. The van der Waals surface area contributed by atoms with Crippen LogP contribution in [0.5, 0.6) is 11.5 Å². The number of rotatable bonds is 16. The molecule has 0 aliphatic carbocycles. The highest BCUT2D eigenvalue weighted by atomic mass is 16.7. The summed E-state index contributed by atoms with van der Waals surface area (Å²) >= 11 is 0. The highest BCUT2D eigenvalue weighted by Gasteiger charge is 2.34. The number of aliphatic hydroxyl groups is 2. The molecular weight excluding hydrogens is 466 g/mol. The summed E-state index contributed by atoms with van der Waals surface area (Å²) < 4.78 is 11.2. The molecule has 9 nitrogen and oxygen atoms in total. The van der Waals surface area contributed by atoms with E-state index in [9.17, 15) is 19.8 Å². The maximum atomic E-state index is 11.6. The average molecular weight is 510 g/mol. The van der Waals surface area contributed by atoms with E-state index in [0.29, 0.717) is 37.4 Å². The molecule has 0 unspecified atom stereocenters. The van der Waals surface area contributed by atoms with Crippen molar-refractivity contribution < 1.29 is 39.2 Å². The van der Waals surface area contributed by atoms with Crippen molar-refractivity contribution in [2.45, 2.75) is 78.6 Å². The number of ether oxygens (including phenoxy) is 2. The van der Waals surface area contributed by atoms with Gasteiger partial charge in [-0.25, -0.2) is 4.79 Å². The number of carbonyl (C=O) groups is 1. The normalized spacial score (nSPS) is 15.1. The van der Waals surface area contributed by atoms with Crippen LogP contribution in [0.3, 0.4) is 0 Å². The number of carbonyl (C=O) groups excluding carboxylic acids is 1. The first kappa shape index (κ1) is 31.6. The number of carboxylic acids is 1. The molecular formula is C27H43NO8. The Morgan fingerprint density at radius 1 is 1.17 bits per heavy atom. The smallest absolute Gasteiger partial charge is 0.311 e. The summed E-state index contributed by atoms with van der Waals surface area (Å²) in [5.74, 6) is 0.651. The monoisotopic (exact) mass is 509 g/mol. The third-order valence-corrected chi connectivity index (χ3v) is 5.96. The molecule has 0 amide bonds. The molecule has 204 valence electrons. The van der Waals surface area contributed by atoms with Crippen LogP contribution in [0.1, 0.15) is 59.9 Å². The SMILES string of the molecule is COc1ccc(C[C@@H](C[C@H](NOC(C)(C)C)[C@@H](O)C(=C=O)[C@@H](C)C(=O)O)C(C)C)cc1OCCCO. The fourth-order valence-electron chi connectivity index (χ4n) is 3.68. The Labute approximate surface area is 214 Å². The molecule has 36 heavy (non-hydrogen) atoms. The molecule has 0 radical (unpaired) electrons. The van der Waals surface area contributed by atoms with Crippen LogP contribution in [0.4, 0.5) is 0 Å². The number of carboxylic acid groups (broad SMARTS) is 1. The number of hydrogen-bond donors (Lipinski definition) is 4. The summed E-state index contributed by atoms with van der Waals surface area (Å²) in [6.07, 6.45) is 0.139. The van der Waals surface area contributed by atoms with E-state index >= 15 is 0 Å². The Morgan fingerprint density at radius 3 is 2.33 bits per heavy atom. The van der Waals surface area contributed by atoms with Crippen molar-refractivity contribution in [3.63, 3.8) is 0 Å². The minimum atomic E-state index is -1.40. The third kappa shape index (κ3) is 10.3. The van der Waals surface area contributed by atoms with Gasteiger partial charge in [0.25, 0.3) is 0 Å². The number of benzene rings is 1. The zero-order valence-electron chi connectivity index (χ0n) is 22.5. The Hall–Kier alpha value is -2.42. The van der Waals surface area contributed by atoms with Crippen LogP contribution in [0, 0.1) is 17.8 Å². The van der Waals surface area contributed by atoms with Crippen molar-refractivity contribution in [1.29, 1.82) is 0 Å². The van der Waals surface area contributed by atoms with E-state index in [4.69, 9.17) is 19.4 Å². The number of nitrogens with one attached hydrogen (secondary N) is 1. The molecule has 1 aromatic rings. The maximum absolute atomic E-state index is 11.6. The molecule has 4 atom stereocenters. The molecule has 0 aliphatic rings. The van der Waals surface area contributed by atoms with E-state index in [-0.39, 0.29) is 24.0 Å². The zero-order valence-corrected chi connectivity index (χ0v) is 22.5. The summed E-state index contributed by atoms with van der Waals surface area (Å²) in [7, 11) is 1.56. The number of hydrogen-bond acceptors (Lipinski definition) is 8. The minimum absolute atomic E-state index is 0.0303. The molecule has 0 spiro atoms. The van der Waals surface area contributed by atoms with Crippen LogP contribution < -0.4 is 15.0 Å². The lowest BCUT2D eigenvalue weighted by atomic mass is 9.81. The lowest BCUT2D eigenvalue weighted by Gasteiger charge is -2.33. The lowest BCUT2D eigenvalue weighted by molar-refractivity contribution is -0.140. The van der Waals surface area contributed by atoms with E-state index in [1.165, 1.54) is 6.92 Å². The Kier molecular flexibility index (Phi) is 13.1. The number of aliphatic carboxylic acids is 1. The van der Waals surface area contributed by atoms with Gasteiger partial charge < -0.3 is 24.8 Å². The van der Waals surface area contributed by atoms with Crippen molar-refractivity contribution in [3.05, 3.63) is 29.3 Å². The van der Waals surface area contributed by atoms with Gasteiger partial charge in [-0.3, -0.25) is 9.63 Å². The van der Waals surface area contributed by atoms with Crippen molar-refractivity contribution >= 4 is 11.9 Å². The van der Waals surface area contributed by atoms with Crippen LogP contribution in [-0.2, 0) is 20.8 Å². The molecule has 4 N–H and O–H groups in total. The van der Waals surface area contributed by atoms with Gasteiger partial charge >= 0.3 is 5.97 Å². The molecule has 0 saturated heterocycles. The summed E-state index contributed by atoms with van der Waals surface area (Å²) in [4.78, 5) is 28.8. The molecule has 0 bridgehead atoms. The second-order valence-electron chi connectivity index (χ2n) is 10.4. The molecule has 0 saturated carbocycles. The highest BCUT2D eigenvalue weighted by Crippen LogP contribution is 2.32. The number of methoxy groups -OCH3 is 1. The molecule has 1 rings (SSSR count). The molecule has 0 fully saturated rings. The Morgan fingerprint density at radius 2 is 1.83 bits per heavy atom. The lowest BCUT2D eigenvalue weighted by Crippen LogP contribution is -2.47. The van der Waals surface area contributed by atoms with E-state index in [2.05, 4.69) is 19.3 Å². The molecule has 0 heterocycles. The van der Waals surface area contributed by atoms with Gasteiger partial charge in [-0.05, 0) is 70.1 Å². The quantitative estimate of drug-likeness (QED) is 0.151. The maximum Gasteiger partial charge on any atom is 0.311 e. The minimum Gasteiger partial charge on any atom is -0.493 e. The second kappa shape index (κ2) is 15.0. The zero-order chi connectivity index (χ0) is 27.5. The standard InChI is InChI=1S/C27H43NO8/c1-17(2)20(13-19-9-10-23(34-7)24(14-19)35-12-8-11-29)15-22(28-36-27(4,5)6)25(31)21(16-30)18(3)26(32)33/h9-10,14,17-18,20,22,25,28-29,31H,8,11-13,15H2,1-7H3,(H,32,33)/t18-,20+,22+,25+/m1/s1. The second-order valence-corrected chi connectivity index (χ2v) is 10.4. The van der Waals surface area contributed by atoms with Crippen molar-refractivity contribution in [2.75, 3.05) is 20.3 Å². The van der Waals surface area contributed by atoms with E-state index in [1.807, 2.05) is 39.0 Å². The highest BCUT2D eigenvalue weighted by molar-refractivity contribution is 5.77. The van der Waals surface area contributed by atoms with Gasteiger partial charge in [-0.1, -0.05) is 19.9 Å². The van der Waals surface area contributed by atoms with Gasteiger partial charge in [-0.2, -0.15) is 5.48 Å². The van der Waals surface area contributed by atoms with Gasteiger partial charge in [0.2, 0.25) is 0 Å². The fourth-order valence-corrected chi connectivity index (χ4v) is 3.68. The van der Waals surface area contributed by atoms with Crippen LogP contribution in [-0.4, -0.2) is 65.3 Å². The molecule has 1 aromatic carbocycles. The third-order valence-electron chi connectivity index (χ3n) is 5.96. The predicted molar refractivity (Wildman–Crippen MR) is 137 cm³/mol. The molecule has 0 aliphatic heterocycles. The van der Waals surface area contributed by atoms with Crippen LogP contribution in [0.2, 0.25) is 0 Å². The van der Waals surface area contributed by atoms with Crippen LogP contribution in [0.15, 0.2) is 23.8 Å². The first-order chi connectivity index (χ1) is 16.8. The van der Waals surface area contributed by atoms with Crippen molar-refractivity contribution in [3.8, 4) is 11.5 Å². The summed E-state index contributed by atoms with van der Waals surface area (Å²) in [5, 5.41) is 29.5. The van der Waals surface area contributed by atoms with Gasteiger partial charge in [0.15, 0.2) is 11.5 Å². The average Bonchev–Trinajstić information content (AvgIpc) is 2.80. The summed E-state index contributed by atoms with van der Waals surface area (Å²) in [5.41, 5.74) is 3.07. The van der Waals surface area contributed by atoms with Gasteiger partial charge in [0, 0.05) is 13.0 Å². The topological polar surface area (TPSA) is 135 Å². The van der Waals surface area contributed by atoms with E-state index in [0.717, 1.165) is 5.56 Å². The van der Waals surface area contributed by atoms with Gasteiger partial charge in [-0.15, -0.1) is 0 Å². The van der Waals surface area contributed by atoms with Gasteiger partial charge in [0.1, 0.15) is 12.0 Å². The van der Waals surface area contributed by atoms with Crippen LogP contribution >= 0.6 is 0 Å². The van der Waals surface area contributed by atoms with E-state index in [1.54, 1.807) is 13.1 Å². The van der Waals surface area contributed by atoms with E-state index < -0.39 is 29.6 Å². The number of aliphatic hydroxyl groups excluding tert-OH is 2. The van der Waals surface area contributed by atoms with Crippen molar-refractivity contribution in [2.24, 2.45) is 17.8 Å².